The maximum atomic E-state index is 11.7. The molecule has 0 fully saturated rings. The van der Waals surface area contributed by atoms with Crippen LogP contribution in [0.3, 0.4) is 0 Å². The van der Waals surface area contributed by atoms with Gasteiger partial charge < -0.3 is 4.42 Å². The molecule has 0 aromatic carbocycles. The highest BCUT2D eigenvalue weighted by molar-refractivity contribution is 7.99. The maximum absolute atomic E-state index is 11.7. The van der Waals surface area contributed by atoms with Crippen molar-refractivity contribution < 1.29 is 9.21 Å². The van der Waals surface area contributed by atoms with E-state index in [1.54, 1.807) is 12.1 Å². The number of rotatable bonds is 5. The second kappa shape index (κ2) is 5.26. The summed E-state index contributed by atoms with van der Waals surface area (Å²) in [5.41, 5.74) is -0.266. The number of carbonyl (C=O) groups is 1. The Kier molecular flexibility index (Phi) is 3.71. The Morgan fingerprint density at radius 3 is 3.00 bits per heavy atom. The maximum Gasteiger partial charge on any atom is 0.344 e. The van der Waals surface area contributed by atoms with E-state index in [-0.39, 0.29) is 23.3 Å². The average Bonchev–Trinajstić information content (AvgIpc) is 2.94. The van der Waals surface area contributed by atoms with Gasteiger partial charge in [0, 0.05) is 6.04 Å². The number of aromatic amines is 1. The Balaban J connectivity index is 2.07. The van der Waals surface area contributed by atoms with Gasteiger partial charge in [-0.2, -0.15) is 0 Å². The summed E-state index contributed by atoms with van der Waals surface area (Å²) in [6.45, 7) is 3.77. The zero-order chi connectivity index (χ0) is 13.1. The molecular formula is C11H13N3O3S. The van der Waals surface area contributed by atoms with Crippen LogP contribution >= 0.6 is 11.8 Å². The summed E-state index contributed by atoms with van der Waals surface area (Å²) < 4.78 is 6.52. The van der Waals surface area contributed by atoms with E-state index in [2.05, 4.69) is 10.2 Å². The summed E-state index contributed by atoms with van der Waals surface area (Å²) in [6, 6.07) is 3.27. The molecule has 0 saturated heterocycles. The number of ketones is 1. The normalized spacial score (nSPS) is 11.1. The molecule has 18 heavy (non-hydrogen) atoms. The van der Waals surface area contributed by atoms with E-state index in [1.165, 1.54) is 22.6 Å². The quantitative estimate of drug-likeness (QED) is 0.659. The molecular weight excluding hydrogens is 254 g/mol. The Bertz CT molecular complexity index is 583. The Labute approximate surface area is 107 Å². The van der Waals surface area contributed by atoms with Crippen LogP contribution in [0.1, 0.15) is 30.4 Å². The highest BCUT2D eigenvalue weighted by Crippen LogP contribution is 2.18. The molecule has 0 radical (unpaired) electrons. The monoisotopic (exact) mass is 267 g/mol. The second-order valence-corrected chi connectivity index (χ2v) is 4.91. The fourth-order valence-electron chi connectivity index (χ4n) is 1.49. The van der Waals surface area contributed by atoms with Crippen LogP contribution in [-0.2, 0) is 0 Å². The molecule has 0 aliphatic heterocycles. The number of nitrogens with zero attached hydrogens (tertiary/aromatic N) is 2. The van der Waals surface area contributed by atoms with E-state index < -0.39 is 0 Å². The number of carbonyl (C=O) groups excluding carboxylic acids is 1. The van der Waals surface area contributed by atoms with E-state index in [4.69, 9.17) is 4.42 Å². The molecule has 0 atom stereocenters. The molecule has 0 aliphatic carbocycles. The number of Topliss-reactive ketones (excluding diaryl/α,β-unsaturated/α-hetero) is 1. The fraction of sp³-hybridized carbons (Fsp3) is 0.364. The molecule has 0 amide bonds. The van der Waals surface area contributed by atoms with Crippen LogP contribution in [0, 0.1) is 0 Å². The minimum absolute atomic E-state index is 0.00235. The number of hydrogen-bond donors (Lipinski definition) is 1. The van der Waals surface area contributed by atoms with Crippen LogP contribution in [0.2, 0.25) is 0 Å². The third-order valence-electron chi connectivity index (χ3n) is 2.32. The topological polar surface area (TPSA) is 80.9 Å². The van der Waals surface area contributed by atoms with Crippen LogP contribution in [0.4, 0.5) is 0 Å². The minimum atomic E-state index is -0.266. The first-order valence-corrected chi connectivity index (χ1v) is 6.44. The van der Waals surface area contributed by atoms with E-state index >= 15 is 0 Å². The molecule has 0 unspecified atom stereocenters. The lowest BCUT2D eigenvalue weighted by molar-refractivity contribution is 0.0992. The predicted octanol–water partition coefficient (Wildman–Crippen LogP) is 1.72. The third-order valence-corrected chi connectivity index (χ3v) is 3.27. The van der Waals surface area contributed by atoms with Crippen LogP contribution in [0.15, 0.2) is 32.8 Å². The Morgan fingerprint density at radius 1 is 1.61 bits per heavy atom. The largest absolute Gasteiger partial charge is 0.461 e. The molecule has 1 N–H and O–H groups in total. The lowest BCUT2D eigenvalue weighted by atomic mass is 10.3. The summed E-state index contributed by atoms with van der Waals surface area (Å²) in [4.78, 5) is 23.2. The van der Waals surface area contributed by atoms with Crippen LogP contribution in [-0.4, -0.2) is 26.3 Å². The third kappa shape index (κ3) is 2.56. The number of thioether (sulfide) groups is 1. The van der Waals surface area contributed by atoms with E-state index in [9.17, 15) is 9.59 Å². The van der Waals surface area contributed by atoms with Gasteiger partial charge in [-0.05, 0) is 26.0 Å². The number of aromatic nitrogens is 3. The van der Waals surface area contributed by atoms with E-state index in [0.29, 0.717) is 10.9 Å². The molecule has 2 heterocycles. The summed E-state index contributed by atoms with van der Waals surface area (Å²) >= 11 is 1.21. The zero-order valence-corrected chi connectivity index (χ0v) is 10.9. The van der Waals surface area contributed by atoms with Gasteiger partial charge in [0.15, 0.2) is 10.9 Å². The smallest absolute Gasteiger partial charge is 0.344 e. The molecule has 96 valence electrons. The summed E-state index contributed by atoms with van der Waals surface area (Å²) in [7, 11) is 0. The summed E-state index contributed by atoms with van der Waals surface area (Å²) in [6.07, 6.45) is 1.45. The highest BCUT2D eigenvalue weighted by atomic mass is 32.2. The fourth-order valence-corrected chi connectivity index (χ4v) is 2.43. The second-order valence-electron chi connectivity index (χ2n) is 3.96. The van der Waals surface area contributed by atoms with Crippen molar-refractivity contribution in [1.82, 2.24) is 14.8 Å². The van der Waals surface area contributed by atoms with Gasteiger partial charge in [-0.3, -0.25) is 9.36 Å². The first-order valence-electron chi connectivity index (χ1n) is 5.46. The van der Waals surface area contributed by atoms with Crippen molar-refractivity contribution in [3.63, 3.8) is 0 Å². The first kappa shape index (κ1) is 12.7. The molecule has 0 aliphatic rings. The SMILES string of the molecule is CC(C)n1c(SCC(=O)c2ccco2)n[nH]c1=O. The van der Waals surface area contributed by atoms with Crippen molar-refractivity contribution in [1.29, 1.82) is 0 Å². The van der Waals surface area contributed by atoms with Gasteiger partial charge in [-0.1, -0.05) is 11.8 Å². The Morgan fingerprint density at radius 2 is 2.39 bits per heavy atom. The minimum Gasteiger partial charge on any atom is -0.461 e. The molecule has 0 saturated carbocycles. The van der Waals surface area contributed by atoms with Crippen molar-refractivity contribution in [3.05, 3.63) is 34.6 Å². The molecule has 7 heteroatoms. The average molecular weight is 267 g/mol. The molecule has 6 nitrogen and oxygen atoms in total. The van der Waals surface area contributed by atoms with Crippen LogP contribution in [0.5, 0.6) is 0 Å². The van der Waals surface area contributed by atoms with Crippen molar-refractivity contribution in [2.24, 2.45) is 0 Å². The Hall–Kier alpha value is -1.76. The van der Waals surface area contributed by atoms with Gasteiger partial charge in [-0.25, -0.2) is 9.89 Å². The predicted molar refractivity (Wildman–Crippen MR) is 67.0 cm³/mol. The van der Waals surface area contributed by atoms with Gasteiger partial charge in [0.05, 0.1) is 12.0 Å². The van der Waals surface area contributed by atoms with Gasteiger partial charge in [0.1, 0.15) is 0 Å². The van der Waals surface area contributed by atoms with Gasteiger partial charge in [0.2, 0.25) is 5.78 Å². The van der Waals surface area contributed by atoms with Gasteiger partial charge in [0.25, 0.3) is 0 Å². The van der Waals surface area contributed by atoms with E-state index in [0.717, 1.165) is 0 Å². The van der Waals surface area contributed by atoms with Crippen LogP contribution in [0.25, 0.3) is 0 Å². The highest BCUT2D eigenvalue weighted by Gasteiger charge is 2.15. The van der Waals surface area contributed by atoms with Gasteiger partial charge >= 0.3 is 5.69 Å². The summed E-state index contributed by atoms with van der Waals surface area (Å²) in [5, 5.41) is 6.78. The lowest BCUT2D eigenvalue weighted by Crippen LogP contribution is -2.19. The van der Waals surface area contributed by atoms with Crippen molar-refractivity contribution in [2.75, 3.05) is 5.75 Å². The van der Waals surface area contributed by atoms with Crippen molar-refractivity contribution in [2.45, 2.75) is 25.0 Å². The van der Waals surface area contributed by atoms with E-state index in [1.807, 2.05) is 13.8 Å². The number of furan rings is 1. The number of nitrogens with one attached hydrogen (secondary N) is 1. The lowest BCUT2D eigenvalue weighted by Gasteiger charge is -2.07. The van der Waals surface area contributed by atoms with Crippen molar-refractivity contribution >= 4 is 17.5 Å². The molecule has 0 spiro atoms. The van der Waals surface area contributed by atoms with Crippen molar-refractivity contribution in [3.8, 4) is 0 Å². The molecule has 0 bridgehead atoms. The standard InChI is InChI=1S/C11H13N3O3S/c1-7(2)14-10(16)12-13-11(14)18-6-8(15)9-4-3-5-17-9/h3-5,7H,6H2,1-2H3,(H,12,16). The summed E-state index contributed by atoms with van der Waals surface area (Å²) in [5.74, 6) is 0.372. The zero-order valence-electron chi connectivity index (χ0n) is 10.0. The molecule has 2 rings (SSSR count). The molecule has 2 aromatic heterocycles. The van der Waals surface area contributed by atoms with Gasteiger partial charge in [-0.15, -0.1) is 5.10 Å². The van der Waals surface area contributed by atoms with Crippen LogP contribution < -0.4 is 5.69 Å². The number of H-pyrrole nitrogens is 1. The molecule has 2 aromatic rings. The first-order chi connectivity index (χ1) is 8.59. The number of hydrogen-bond acceptors (Lipinski definition) is 5.